The number of anilines is 2. The smallest absolute Gasteiger partial charge is 0.255 e. The number of benzene rings is 1. The van der Waals surface area contributed by atoms with Crippen molar-refractivity contribution in [1.82, 2.24) is 9.88 Å². The van der Waals surface area contributed by atoms with Crippen LogP contribution in [0.2, 0.25) is 0 Å². The highest BCUT2D eigenvalue weighted by molar-refractivity contribution is 5.94. The molecule has 2 saturated heterocycles. The van der Waals surface area contributed by atoms with Crippen molar-refractivity contribution in [1.29, 1.82) is 0 Å². The molecule has 0 atom stereocenters. The molecule has 6 nitrogen and oxygen atoms in total. The first-order chi connectivity index (χ1) is 13.6. The molecule has 0 unspecified atom stereocenters. The van der Waals surface area contributed by atoms with Gasteiger partial charge in [0.25, 0.3) is 5.91 Å². The van der Waals surface area contributed by atoms with E-state index in [0.29, 0.717) is 31.9 Å². The lowest BCUT2D eigenvalue weighted by Crippen LogP contribution is -2.47. The van der Waals surface area contributed by atoms with Crippen LogP contribution in [0.1, 0.15) is 21.5 Å². The summed E-state index contributed by atoms with van der Waals surface area (Å²) in [6.45, 7) is 10.7. The summed E-state index contributed by atoms with van der Waals surface area (Å²) in [5.41, 5.74) is 4.68. The zero-order valence-electron chi connectivity index (χ0n) is 16.7. The molecule has 3 heterocycles. The predicted molar refractivity (Wildman–Crippen MR) is 111 cm³/mol. The summed E-state index contributed by atoms with van der Waals surface area (Å²) in [6.07, 6.45) is 1.71. The molecule has 4 rings (SSSR count). The second kappa shape index (κ2) is 8.19. The van der Waals surface area contributed by atoms with Gasteiger partial charge in [0.15, 0.2) is 0 Å². The first kappa shape index (κ1) is 18.7. The van der Waals surface area contributed by atoms with E-state index in [-0.39, 0.29) is 5.91 Å². The van der Waals surface area contributed by atoms with E-state index in [9.17, 15) is 4.79 Å². The number of aryl methyl sites for hydroxylation is 1. The maximum Gasteiger partial charge on any atom is 0.255 e. The number of morpholine rings is 1. The van der Waals surface area contributed by atoms with Gasteiger partial charge in [-0.25, -0.2) is 4.98 Å². The van der Waals surface area contributed by atoms with Crippen molar-refractivity contribution in [3.8, 4) is 0 Å². The lowest BCUT2D eigenvalue weighted by Gasteiger charge is -2.37. The summed E-state index contributed by atoms with van der Waals surface area (Å²) >= 11 is 0. The molecule has 1 aromatic heterocycles. The van der Waals surface area contributed by atoms with Crippen molar-refractivity contribution in [3.63, 3.8) is 0 Å². The third-order valence-electron chi connectivity index (χ3n) is 5.81. The van der Waals surface area contributed by atoms with Crippen molar-refractivity contribution >= 4 is 17.4 Å². The molecule has 1 aromatic carbocycles. The number of hydrogen-bond donors (Lipinski definition) is 0. The Morgan fingerprint density at radius 1 is 0.929 bits per heavy atom. The standard InChI is InChI=1S/C22H28N4O2/c1-17-4-3-5-20(18(17)2)24-8-10-25(11-9-24)21-7-6-19(16-23-21)22(27)26-12-14-28-15-13-26/h3-7,16H,8-15H2,1-2H3. The Morgan fingerprint density at radius 3 is 2.32 bits per heavy atom. The molecule has 2 aliphatic rings. The van der Waals surface area contributed by atoms with Gasteiger partial charge in [-0.2, -0.15) is 0 Å². The van der Waals surface area contributed by atoms with Crippen molar-refractivity contribution in [2.24, 2.45) is 0 Å². The van der Waals surface area contributed by atoms with Crippen LogP contribution in [-0.2, 0) is 4.74 Å². The molecule has 1 amide bonds. The number of carbonyl (C=O) groups excluding carboxylic acids is 1. The molecule has 0 spiro atoms. The monoisotopic (exact) mass is 380 g/mol. The van der Waals surface area contributed by atoms with E-state index in [1.807, 2.05) is 17.0 Å². The molecule has 6 heteroatoms. The molecular weight excluding hydrogens is 352 g/mol. The largest absolute Gasteiger partial charge is 0.378 e. The Morgan fingerprint density at radius 2 is 1.64 bits per heavy atom. The SMILES string of the molecule is Cc1cccc(N2CCN(c3ccc(C(=O)N4CCOCC4)cn3)CC2)c1C. The molecule has 0 bridgehead atoms. The van der Waals surface area contributed by atoms with Gasteiger partial charge in [0.1, 0.15) is 5.82 Å². The number of ether oxygens (including phenoxy) is 1. The van der Waals surface area contributed by atoms with E-state index >= 15 is 0 Å². The summed E-state index contributed by atoms with van der Waals surface area (Å²) in [7, 11) is 0. The average molecular weight is 380 g/mol. The topological polar surface area (TPSA) is 48.9 Å². The maximum atomic E-state index is 12.6. The van der Waals surface area contributed by atoms with Crippen LogP contribution in [0.4, 0.5) is 11.5 Å². The number of pyridine rings is 1. The Balaban J connectivity index is 1.38. The molecule has 2 aliphatic heterocycles. The zero-order chi connectivity index (χ0) is 19.5. The summed E-state index contributed by atoms with van der Waals surface area (Å²) in [5, 5.41) is 0. The van der Waals surface area contributed by atoms with E-state index in [0.717, 1.165) is 32.0 Å². The molecule has 2 aromatic rings. The fourth-order valence-corrected chi connectivity index (χ4v) is 3.90. The third-order valence-corrected chi connectivity index (χ3v) is 5.81. The minimum atomic E-state index is 0.0436. The van der Waals surface area contributed by atoms with E-state index in [4.69, 9.17) is 4.74 Å². The molecule has 28 heavy (non-hydrogen) atoms. The maximum absolute atomic E-state index is 12.6. The van der Waals surface area contributed by atoms with Crippen LogP contribution >= 0.6 is 0 Å². The van der Waals surface area contributed by atoms with E-state index in [1.54, 1.807) is 6.20 Å². The summed E-state index contributed by atoms with van der Waals surface area (Å²) in [6, 6.07) is 10.4. The highest BCUT2D eigenvalue weighted by Crippen LogP contribution is 2.25. The van der Waals surface area contributed by atoms with Gasteiger partial charge < -0.3 is 19.4 Å². The number of piperazine rings is 1. The Labute approximate surface area is 166 Å². The van der Waals surface area contributed by atoms with Crippen LogP contribution < -0.4 is 9.80 Å². The number of amides is 1. The first-order valence-electron chi connectivity index (χ1n) is 10.0. The summed E-state index contributed by atoms with van der Waals surface area (Å²) in [4.78, 5) is 23.7. The Kier molecular flexibility index (Phi) is 5.48. The molecule has 0 N–H and O–H groups in total. The lowest BCUT2D eigenvalue weighted by molar-refractivity contribution is 0.0302. The van der Waals surface area contributed by atoms with Gasteiger partial charge in [0.2, 0.25) is 0 Å². The predicted octanol–water partition coefficient (Wildman–Crippen LogP) is 2.50. The summed E-state index contributed by atoms with van der Waals surface area (Å²) in [5.74, 6) is 0.987. The minimum absolute atomic E-state index is 0.0436. The van der Waals surface area contributed by atoms with Crippen molar-refractivity contribution in [3.05, 3.63) is 53.2 Å². The van der Waals surface area contributed by atoms with E-state index in [2.05, 4.69) is 46.8 Å². The van der Waals surface area contributed by atoms with Gasteiger partial charge in [-0.15, -0.1) is 0 Å². The number of nitrogens with zero attached hydrogens (tertiary/aromatic N) is 4. The molecule has 148 valence electrons. The fourth-order valence-electron chi connectivity index (χ4n) is 3.90. The second-order valence-corrected chi connectivity index (χ2v) is 7.50. The minimum Gasteiger partial charge on any atom is -0.378 e. The number of aromatic nitrogens is 1. The van der Waals surface area contributed by atoms with Gasteiger partial charge in [0, 0.05) is 51.2 Å². The van der Waals surface area contributed by atoms with Gasteiger partial charge in [-0.05, 0) is 43.2 Å². The Bertz CT molecular complexity index is 823. The zero-order valence-corrected chi connectivity index (χ0v) is 16.7. The van der Waals surface area contributed by atoms with Gasteiger partial charge in [-0.1, -0.05) is 12.1 Å². The number of hydrogen-bond acceptors (Lipinski definition) is 5. The number of rotatable bonds is 3. The third kappa shape index (κ3) is 3.83. The first-order valence-corrected chi connectivity index (χ1v) is 10.0. The second-order valence-electron chi connectivity index (χ2n) is 7.50. The van der Waals surface area contributed by atoms with Crippen LogP contribution in [0.3, 0.4) is 0 Å². The number of carbonyl (C=O) groups is 1. The molecule has 2 fully saturated rings. The highest BCUT2D eigenvalue weighted by Gasteiger charge is 2.22. The van der Waals surface area contributed by atoms with Crippen LogP contribution in [0.25, 0.3) is 0 Å². The molecule has 0 saturated carbocycles. The van der Waals surface area contributed by atoms with Crippen molar-refractivity contribution < 1.29 is 9.53 Å². The van der Waals surface area contributed by atoms with Gasteiger partial charge >= 0.3 is 0 Å². The van der Waals surface area contributed by atoms with Gasteiger partial charge in [-0.3, -0.25) is 4.79 Å². The van der Waals surface area contributed by atoms with Gasteiger partial charge in [0.05, 0.1) is 18.8 Å². The van der Waals surface area contributed by atoms with Crippen LogP contribution in [0.5, 0.6) is 0 Å². The van der Waals surface area contributed by atoms with Crippen LogP contribution in [0.15, 0.2) is 36.5 Å². The normalized spacial score (nSPS) is 17.7. The van der Waals surface area contributed by atoms with Crippen molar-refractivity contribution in [2.75, 3.05) is 62.3 Å². The quantitative estimate of drug-likeness (QED) is 0.819. The molecule has 0 radical (unpaired) electrons. The van der Waals surface area contributed by atoms with Crippen LogP contribution in [-0.4, -0.2) is 68.3 Å². The van der Waals surface area contributed by atoms with Crippen LogP contribution in [0, 0.1) is 13.8 Å². The Hall–Kier alpha value is -2.60. The molecular formula is C22H28N4O2. The fraction of sp³-hybridized carbons (Fsp3) is 0.455. The highest BCUT2D eigenvalue weighted by atomic mass is 16.5. The van der Waals surface area contributed by atoms with E-state index in [1.165, 1.54) is 16.8 Å². The van der Waals surface area contributed by atoms with E-state index < -0.39 is 0 Å². The average Bonchev–Trinajstić information content (AvgIpc) is 2.76. The van der Waals surface area contributed by atoms with Crippen molar-refractivity contribution in [2.45, 2.75) is 13.8 Å². The lowest BCUT2D eigenvalue weighted by atomic mass is 10.1. The molecule has 0 aliphatic carbocycles. The summed E-state index contributed by atoms with van der Waals surface area (Å²) < 4.78 is 5.32.